The SMILES string of the molecule is CC(C)c1ccc(S(=O)(=O)NCCCCCN)cc1. The zero-order valence-electron chi connectivity index (χ0n) is 11.7. The van der Waals surface area contributed by atoms with Crippen LogP contribution >= 0.6 is 0 Å². The Balaban J connectivity index is 2.57. The summed E-state index contributed by atoms with van der Waals surface area (Å²) in [7, 11) is -3.37. The molecule has 0 aliphatic rings. The minimum atomic E-state index is -3.37. The molecule has 0 amide bonds. The fourth-order valence-electron chi connectivity index (χ4n) is 1.77. The highest BCUT2D eigenvalue weighted by Crippen LogP contribution is 2.17. The van der Waals surface area contributed by atoms with Crippen LogP contribution in [0.25, 0.3) is 0 Å². The molecule has 0 radical (unpaired) electrons. The second-order valence-electron chi connectivity index (χ2n) is 4.97. The van der Waals surface area contributed by atoms with Crippen LogP contribution in [0.4, 0.5) is 0 Å². The van der Waals surface area contributed by atoms with E-state index in [0.717, 1.165) is 24.8 Å². The van der Waals surface area contributed by atoms with Gasteiger partial charge in [-0.3, -0.25) is 0 Å². The van der Waals surface area contributed by atoms with Gasteiger partial charge in [0.15, 0.2) is 0 Å². The van der Waals surface area contributed by atoms with Crippen molar-refractivity contribution in [3.8, 4) is 0 Å². The Bertz CT molecular complexity index is 467. The van der Waals surface area contributed by atoms with E-state index in [0.29, 0.717) is 23.9 Å². The lowest BCUT2D eigenvalue weighted by Crippen LogP contribution is -2.24. The van der Waals surface area contributed by atoms with Crippen LogP contribution in [0, 0.1) is 0 Å². The molecule has 19 heavy (non-hydrogen) atoms. The fourth-order valence-corrected chi connectivity index (χ4v) is 2.84. The van der Waals surface area contributed by atoms with Crippen molar-refractivity contribution in [2.45, 2.75) is 43.9 Å². The molecule has 3 N–H and O–H groups in total. The van der Waals surface area contributed by atoms with E-state index in [2.05, 4.69) is 18.6 Å². The van der Waals surface area contributed by atoms with E-state index in [1.54, 1.807) is 12.1 Å². The molecule has 0 spiro atoms. The first kappa shape index (κ1) is 16.1. The second-order valence-corrected chi connectivity index (χ2v) is 6.74. The van der Waals surface area contributed by atoms with Gasteiger partial charge in [0.25, 0.3) is 0 Å². The van der Waals surface area contributed by atoms with Gasteiger partial charge in [0.1, 0.15) is 0 Å². The van der Waals surface area contributed by atoms with Gasteiger partial charge in [-0.15, -0.1) is 0 Å². The average molecular weight is 284 g/mol. The first-order valence-corrected chi connectivity index (χ1v) is 8.25. The van der Waals surface area contributed by atoms with Gasteiger partial charge < -0.3 is 5.73 Å². The molecule has 0 atom stereocenters. The molecule has 0 saturated heterocycles. The molecule has 0 saturated carbocycles. The third-order valence-electron chi connectivity index (χ3n) is 3.03. The van der Waals surface area contributed by atoms with Crippen molar-refractivity contribution in [3.05, 3.63) is 29.8 Å². The molecule has 108 valence electrons. The van der Waals surface area contributed by atoms with Crippen molar-refractivity contribution in [1.82, 2.24) is 4.72 Å². The van der Waals surface area contributed by atoms with Gasteiger partial charge in [-0.25, -0.2) is 13.1 Å². The van der Waals surface area contributed by atoms with Crippen LogP contribution < -0.4 is 10.5 Å². The van der Waals surface area contributed by atoms with E-state index in [1.807, 2.05) is 12.1 Å². The summed E-state index contributed by atoms with van der Waals surface area (Å²) in [5.41, 5.74) is 6.53. The zero-order chi connectivity index (χ0) is 14.3. The molecule has 0 heterocycles. The predicted octanol–water partition coefficient (Wildman–Crippen LogP) is 2.22. The molecule has 0 aliphatic carbocycles. The van der Waals surface area contributed by atoms with Crippen molar-refractivity contribution in [1.29, 1.82) is 0 Å². The number of unbranched alkanes of at least 4 members (excludes halogenated alkanes) is 2. The Labute approximate surface area is 116 Å². The quantitative estimate of drug-likeness (QED) is 0.719. The van der Waals surface area contributed by atoms with Crippen LogP contribution in [-0.2, 0) is 10.0 Å². The van der Waals surface area contributed by atoms with Crippen molar-refractivity contribution in [3.63, 3.8) is 0 Å². The largest absolute Gasteiger partial charge is 0.330 e. The number of rotatable bonds is 8. The Morgan fingerprint density at radius 1 is 1.11 bits per heavy atom. The van der Waals surface area contributed by atoms with E-state index >= 15 is 0 Å². The maximum Gasteiger partial charge on any atom is 0.240 e. The Hall–Kier alpha value is -0.910. The first-order chi connectivity index (χ1) is 8.97. The smallest absolute Gasteiger partial charge is 0.240 e. The lowest BCUT2D eigenvalue weighted by molar-refractivity contribution is 0.575. The number of sulfonamides is 1. The predicted molar refractivity (Wildman–Crippen MR) is 78.6 cm³/mol. The van der Waals surface area contributed by atoms with Gasteiger partial charge in [0.2, 0.25) is 10.0 Å². The van der Waals surface area contributed by atoms with E-state index in [9.17, 15) is 8.42 Å². The van der Waals surface area contributed by atoms with Gasteiger partial charge in [-0.1, -0.05) is 32.4 Å². The van der Waals surface area contributed by atoms with E-state index in [-0.39, 0.29) is 0 Å². The van der Waals surface area contributed by atoms with Gasteiger partial charge in [0.05, 0.1) is 4.90 Å². The lowest BCUT2D eigenvalue weighted by atomic mass is 10.0. The monoisotopic (exact) mass is 284 g/mol. The van der Waals surface area contributed by atoms with Crippen LogP contribution in [0.3, 0.4) is 0 Å². The molecular weight excluding hydrogens is 260 g/mol. The van der Waals surface area contributed by atoms with Crippen molar-refractivity contribution in [2.24, 2.45) is 5.73 Å². The van der Waals surface area contributed by atoms with Crippen molar-refractivity contribution in [2.75, 3.05) is 13.1 Å². The minimum Gasteiger partial charge on any atom is -0.330 e. The van der Waals surface area contributed by atoms with Gasteiger partial charge in [0, 0.05) is 6.54 Å². The van der Waals surface area contributed by atoms with Crippen molar-refractivity contribution < 1.29 is 8.42 Å². The summed E-state index contributed by atoms with van der Waals surface area (Å²) in [6.07, 6.45) is 2.70. The van der Waals surface area contributed by atoms with Gasteiger partial charge in [-0.05, 0) is 43.0 Å². The number of hydrogen-bond donors (Lipinski definition) is 2. The molecule has 1 aromatic rings. The summed E-state index contributed by atoms with van der Waals surface area (Å²) in [6, 6.07) is 7.07. The molecule has 0 unspecified atom stereocenters. The standard InChI is InChI=1S/C14H24N2O2S/c1-12(2)13-6-8-14(9-7-13)19(17,18)16-11-5-3-4-10-15/h6-9,12,16H,3-5,10-11,15H2,1-2H3. The third kappa shape index (κ3) is 5.30. The highest BCUT2D eigenvalue weighted by Gasteiger charge is 2.13. The fraction of sp³-hybridized carbons (Fsp3) is 0.571. The Morgan fingerprint density at radius 2 is 1.74 bits per heavy atom. The van der Waals surface area contributed by atoms with Crippen LogP contribution in [0.1, 0.15) is 44.6 Å². The maximum absolute atomic E-state index is 12.0. The molecule has 1 rings (SSSR count). The summed E-state index contributed by atoms with van der Waals surface area (Å²) in [6.45, 7) is 5.29. The molecule has 0 aromatic heterocycles. The third-order valence-corrected chi connectivity index (χ3v) is 4.51. The Morgan fingerprint density at radius 3 is 2.26 bits per heavy atom. The van der Waals surface area contributed by atoms with E-state index < -0.39 is 10.0 Å². The second kappa shape index (κ2) is 7.62. The number of hydrogen-bond acceptors (Lipinski definition) is 3. The molecular formula is C14H24N2O2S. The van der Waals surface area contributed by atoms with Crippen LogP contribution in [0.15, 0.2) is 29.2 Å². The molecule has 5 heteroatoms. The summed E-state index contributed by atoms with van der Waals surface area (Å²) in [4.78, 5) is 0.329. The molecule has 0 aliphatic heterocycles. The first-order valence-electron chi connectivity index (χ1n) is 6.77. The summed E-state index contributed by atoms with van der Waals surface area (Å²) < 4.78 is 26.6. The Kier molecular flexibility index (Phi) is 6.48. The number of nitrogens with one attached hydrogen (secondary N) is 1. The highest BCUT2D eigenvalue weighted by molar-refractivity contribution is 7.89. The normalized spacial score (nSPS) is 12.0. The molecule has 0 bridgehead atoms. The maximum atomic E-state index is 12.0. The van der Waals surface area contributed by atoms with Crippen LogP contribution in [-0.4, -0.2) is 21.5 Å². The summed E-state index contributed by atoms with van der Waals surface area (Å²) >= 11 is 0. The van der Waals surface area contributed by atoms with Crippen molar-refractivity contribution >= 4 is 10.0 Å². The van der Waals surface area contributed by atoms with Gasteiger partial charge >= 0.3 is 0 Å². The topological polar surface area (TPSA) is 72.2 Å². The van der Waals surface area contributed by atoms with E-state index in [4.69, 9.17) is 5.73 Å². The molecule has 1 aromatic carbocycles. The summed E-state index contributed by atoms with van der Waals surface area (Å²) in [5, 5.41) is 0. The van der Waals surface area contributed by atoms with Crippen LogP contribution in [0.5, 0.6) is 0 Å². The lowest BCUT2D eigenvalue weighted by Gasteiger charge is -2.09. The highest BCUT2D eigenvalue weighted by atomic mass is 32.2. The minimum absolute atomic E-state index is 0.329. The van der Waals surface area contributed by atoms with Gasteiger partial charge in [-0.2, -0.15) is 0 Å². The van der Waals surface area contributed by atoms with E-state index in [1.165, 1.54) is 0 Å². The zero-order valence-corrected chi connectivity index (χ0v) is 12.5. The molecule has 0 fully saturated rings. The number of nitrogens with two attached hydrogens (primary N) is 1. The molecule has 4 nitrogen and oxygen atoms in total. The summed E-state index contributed by atoms with van der Waals surface area (Å²) in [5.74, 6) is 0.404. The average Bonchev–Trinajstić information content (AvgIpc) is 2.38. The van der Waals surface area contributed by atoms with Crippen LogP contribution in [0.2, 0.25) is 0 Å². The number of benzene rings is 1.